The second kappa shape index (κ2) is 6.85. The van der Waals surface area contributed by atoms with Gasteiger partial charge in [0.25, 0.3) is 0 Å². The van der Waals surface area contributed by atoms with Gasteiger partial charge in [0.05, 0.1) is 6.61 Å². The fourth-order valence-corrected chi connectivity index (χ4v) is 1.25. The third-order valence-corrected chi connectivity index (χ3v) is 2.15. The van der Waals surface area contributed by atoms with Gasteiger partial charge in [0.1, 0.15) is 5.75 Å². The van der Waals surface area contributed by atoms with E-state index in [0.29, 0.717) is 26.0 Å². The predicted octanol–water partition coefficient (Wildman–Crippen LogP) is 0.850. The molecule has 1 aromatic rings. The van der Waals surface area contributed by atoms with E-state index >= 15 is 0 Å². The average molecular weight is 221 g/mol. The van der Waals surface area contributed by atoms with Gasteiger partial charge < -0.3 is 15.8 Å². The summed E-state index contributed by atoms with van der Waals surface area (Å²) in [5, 5.41) is 2.57. The summed E-state index contributed by atoms with van der Waals surface area (Å²) in [5.74, 6) is 0.809. The molecular weight excluding hydrogens is 204 g/mol. The zero-order valence-corrected chi connectivity index (χ0v) is 9.45. The highest BCUT2D eigenvalue weighted by atomic mass is 16.5. The third kappa shape index (κ3) is 4.31. The van der Waals surface area contributed by atoms with Crippen molar-refractivity contribution in [2.24, 2.45) is 5.73 Å². The Morgan fingerprint density at radius 1 is 1.62 bits per heavy atom. The minimum absolute atomic E-state index is 0.0349. The summed E-state index contributed by atoms with van der Waals surface area (Å²) in [6, 6.07) is 8.49. The van der Waals surface area contributed by atoms with Crippen LogP contribution in [-0.4, -0.2) is 19.6 Å². The van der Waals surface area contributed by atoms with Gasteiger partial charge in [-0.2, -0.15) is 0 Å². The number of benzene rings is 1. The summed E-state index contributed by atoms with van der Waals surface area (Å²) in [6.45, 7) is 0.983. The van der Waals surface area contributed by atoms with Crippen LogP contribution in [-0.2, 0) is 11.3 Å². The van der Waals surface area contributed by atoms with Crippen LogP contribution in [0.4, 0.5) is 0 Å². The van der Waals surface area contributed by atoms with E-state index in [9.17, 15) is 4.79 Å². The van der Waals surface area contributed by atoms with Gasteiger partial charge in [0.15, 0.2) is 0 Å². The Balaban J connectivity index is 2.28. The molecule has 0 atom stereocenters. The Morgan fingerprint density at radius 3 is 3.12 bits per heavy atom. The summed E-state index contributed by atoms with van der Waals surface area (Å²) in [4.78, 5) is 10.9. The van der Waals surface area contributed by atoms with Gasteiger partial charge in [-0.15, -0.1) is 0 Å². The minimum atomic E-state index is 0.0349. The smallest absolute Gasteiger partial charge is 0.219 e. The molecule has 0 spiro atoms. The SMILES string of the molecule is CNC(=O)CCCOc1cc[c]c(CN)c1. The van der Waals surface area contributed by atoms with Gasteiger partial charge in [0, 0.05) is 20.0 Å². The number of nitrogens with one attached hydrogen (secondary N) is 1. The minimum Gasteiger partial charge on any atom is -0.494 e. The van der Waals surface area contributed by atoms with Gasteiger partial charge in [0.2, 0.25) is 5.91 Å². The molecule has 0 heterocycles. The van der Waals surface area contributed by atoms with Crippen LogP contribution in [0.2, 0.25) is 0 Å². The van der Waals surface area contributed by atoms with E-state index in [1.54, 1.807) is 13.1 Å². The van der Waals surface area contributed by atoms with Crippen LogP contribution < -0.4 is 15.8 Å². The van der Waals surface area contributed by atoms with Crippen LogP contribution >= 0.6 is 0 Å². The molecule has 87 valence electrons. The molecule has 0 aromatic heterocycles. The third-order valence-electron chi connectivity index (χ3n) is 2.15. The quantitative estimate of drug-likeness (QED) is 0.700. The number of rotatable bonds is 6. The molecule has 1 radical (unpaired) electrons. The van der Waals surface area contributed by atoms with Crippen molar-refractivity contribution >= 4 is 5.91 Å². The van der Waals surface area contributed by atoms with E-state index in [0.717, 1.165) is 11.3 Å². The van der Waals surface area contributed by atoms with Crippen LogP contribution in [0.3, 0.4) is 0 Å². The van der Waals surface area contributed by atoms with Gasteiger partial charge in [-0.1, -0.05) is 6.07 Å². The second-order valence-corrected chi connectivity index (χ2v) is 3.38. The van der Waals surface area contributed by atoms with E-state index in [-0.39, 0.29) is 5.91 Å². The fraction of sp³-hybridized carbons (Fsp3) is 0.417. The molecule has 1 rings (SSSR count). The largest absolute Gasteiger partial charge is 0.494 e. The fourth-order valence-electron chi connectivity index (χ4n) is 1.25. The highest BCUT2D eigenvalue weighted by Crippen LogP contribution is 2.12. The number of amides is 1. The number of carbonyl (C=O) groups is 1. The molecule has 0 aliphatic carbocycles. The Bertz CT molecular complexity index is 340. The molecule has 0 fully saturated rings. The zero-order valence-electron chi connectivity index (χ0n) is 9.45. The summed E-state index contributed by atoms with van der Waals surface area (Å²) in [7, 11) is 1.63. The summed E-state index contributed by atoms with van der Waals surface area (Å²) in [5.41, 5.74) is 6.41. The van der Waals surface area contributed by atoms with Crippen LogP contribution in [0, 0.1) is 6.07 Å². The van der Waals surface area contributed by atoms with Gasteiger partial charge in [-0.3, -0.25) is 4.79 Å². The molecule has 3 N–H and O–H groups in total. The maximum Gasteiger partial charge on any atom is 0.219 e. The Morgan fingerprint density at radius 2 is 2.44 bits per heavy atom. The van der Waals surface area contributed by atoms with Gasteiger partial charge >= 0.3 is 0 Å². The molecule has 4 nitrogen and oxygen atoms in total. The second-order valence-electron chi connectivity index (χ2n) is 3.38. The van der Waals surface area contributed by atoms with Crippen molar-refractivity contribution in [3.8, 4) is 5.75 Å². The van der Waals surface area contributed by atoms with Crippen molar-refractivity contribution in [2.45, 2.75) is 19.4 Å². The molecular formula is C12H17N2O2. The first-order chi connectivity index (χ1) is 7.76. The Labute approximate surface area is 95.8 Å². The molecule has 0 unspecified atom stereocenters. The lowest BCUT2D eigenvalue weighted by molar-refractivity contribution is -0.120. The van der Waals surface area contributed by atoms with Crippen molar-refractivity contribution in [3.05, 3.63) is 29.8 Å². The number of nitrogens with two attached hydrogens (primary N) is 1. The number of ether oxygens (including phenoxy) is 1. The number of hydrogen-bond acceptors (Lipinski definition) is 3. The van der Waals surface area contributed by atoms with Crippen molar-refractivity contribution in [3.63, 3.8) is 0 Å². The van der Waals surface area contributed by atoms with Crippen LogP contribution in [0.25, 0.3) is 0 Å². The van der Waals surface area contributed by atoms with Gasteiger partial charge in [-0.25, -0.2) is 0 Å². The molecule has 0 saturated carbocycles. The van der Waals surface area contributed by atoms with Crippen molar-refractivity contribution in [1.82, 2.24) is 5.32 Å². The normalized spacial score (nSPS) is 9.88. The molecule has 0 aliphatic rings. The number of hydrogen-bond donors (Lipinski definition) is 2. The maximum atomic E-state index is 10.9. The first kappa shape index (κ1) is 12.5. The Kier molecular flexibility index (Phi) is 5.36. The Hall–Kier alpha value is -1.55. The first-order valence-corrected chi connectivity index (χ1v) is 5.30. The maximum absolute atomic E-state index is 10.9. The highest BCUT2D eigenvalue weighted by Gasteiger charge is 1.99. The molecule has 4 heteroatoms. The summed E-state index contributed by atoms with van der Waals surface area (Å²) in [6.07, 6.45) is 1.19. The van der Waals surface area contributed by atoms with E-state index < -0.39 is 0 Å². The summed E-state index contributed by atoms with van der Waals surface area (Å²) < 4.78 is 5.49. The van der Waals surface area contributed by atoms with Crippen molar-refractivity contribution in [2.75, 3.05) is 13.7 Å². The monoisotopic (exact) mass is 221 g/mol. The lowest BCUT2D eigenvalue weighted by Gasteiger charge is -2.06. The summed E-state index contributed by atoms with van der Waals surface area (Å²) >= 11 is 0. The molecule has 1 aromatic carbocycles. The van der Waals surface area contributed by atoms with Gasteiger partial charge in [-0.05, 0) is 30.2 Å². The first-order valence-electron chi connectivity index (χ1n) is 5.30. The average Bonchev–Trinajstić information content (AvgIpc) is 2.34. The standard InChI is InChI=1S/C12H17N2O2/c1-14-12(15)6-3-7-16-11-5-2-4-10(8-11)9-13/h2,5,8H,3,6-7,9,13H2,1H3,(H,14,15). The molecule has 0 aliphatic heterocycles. The van der Waals surface area contributed by atoms with Crippen LogP contribution in [0.15, 0.2) is 18.2 Å². The van der Waals surface area contributed by atoms with E-state index in [4.69, 9.17) is 10.5 Å². The van der Waals surface area contributed by atoms with Crippen LogP contribution in [0.1, 0.15) is 18.4 Å². The topological polar surface area (TPSA) is 64.3 Å². The molecule has 1 amide bonds. The van der Waals surface area contributed by atoms with Crippen LogP contribution in [0.5, 0.6) is 5.75 Å². The van der Waals surface area contributed by atoms with E-state index in [2.05, 4.69) is 11.4 Å². The molecule has 0 saturated heterocycles. The highest BCUT2D eigenvalue weighted by molar-refractivity contribution is 5.75. The van der Waals surface area contributed by atoms with Crippen molar-refractivity contribution in [1.29, 1.82) is 0 Å². The van der Waals surface area contributed by atoms with Crippen molar-refractivity contribution < 1.29 is 9.53 Å². The molecule has 0 bridgehead atoms. The lowest BCUT2D eigenvalue weighted by atomic mass is 10.2. The predicted molar refractivity (Wildman–Crippen MR) is 62.0 cm³/mol. The van der Waals surface area contributed by atoms with E-state index in [1.807, 2.05) is 12.1 Å². The zero-order chi connectivity index (χ0) is 11.8. The number of carbonyl (C=O) groups excluding carboxylic acids is 1. The lowest BCUT2D eigenvalue weighted by Crippen LogP contribution is -2.18. The van der Waals surface area contributed by atoms with E-state index in [1.165, 1.54) is 0 Å². The molecule has 16 heavy (non-hydrogen) atoms.